The van der Waals surface area contributed by atoms with Crippen LogP contribution in [0.1, 0.15) is 5.56 Å². The highest BCUT2D eigenvalue weighted by atomic mass is 35.5. The number of amides is 1. The van der Waals surface area contributed by atoms with Crippen LogP contribution >= 0.6 is 11.6 Å². The summed E-state index contributed by atoms with van der Waals surface area (Å²) in [7, 11) is -0.377. The Morgan fingerprint density at radius 3 is 2.37 bits per heavy atom. The molecule has 0 aliphatic carbocycles. The SMILES string of the molecule is CN(C)S(=O)(=O)c1cccc(CN2CCN(CC(=O)Nc3ccccc3Cl)CC2)c1. The number of anilines is 1. The van der Waals surface area contributed by atoms with Gasteiger partial charge in [0.15, 0.2) is 0 Å². The maximum atomic E-state index is 12.3. The fourth-order valence-electron chi connectivity index (χ4n) is 3.33. The summed E-state index contributed by atoms with van der Waals surface area (Å²) in [6, 6.07) is 14.3. The number of sulfonamides is 1. The van der Waals surface area contributed by atoms with Crippen molar-refractivity contribution in [3.8, 4) is 0 Å². The van der Waals surface area contributed by atoms with E-state index in [2.05, 4.69) is 15.1 Å². The Labute approximate surface area is 183 Å². The standard InChI is InChI=1S/C21H27ClN4O3S/c1-24(2)30(28,29)18-7-5-6-17(14-18)15-25-10-12-26(13-11-25)16-21(27)23-20-9-4-3-8-19(20)22/h3-9,14H,10-13,15-16H2,1-2H3,(H,23,27). The minimum atomic E-state index is -3.44. The second-order valence-electron chi connectivity index (χ2n) is 7.52. The highest BCUT2D eigenvalue weighted by molar-refractivity contribution is 7.89. The molecule has 0 radical (unpaired) electrons. The number of halogens is 1. The van der Waals surface area contributed by atoms with Gasteiger partial charge < -0.3 is 5.32 Å². The molecule has 1 aliphatic heterocycles. The zero-order chi connectivity index (χ0) is 21.7. The molecule has 7 nitrogen and oxygen atoms in total. The van der Waals surface area contributed by atoms with Crippen molar-refractivity contribution >= 4 is 33.2 Å². The molecule has 1 saturated heterocycles. The molecule has 9 heteroatoms. The average molecular weight is 451 g/mol. The van der Waals surface area contributed by atoms with Gasteiger partial charge in [0, 0.05) is 46.8 Å². The number of piperazine rings is 1. The van der Waals surface area contributed by atoms with E-state index in [0.29, 0.717) is 28.7 Å². The van der Waals surface area contributed by atoms with E-state index in [0.717, 1.165) is 31.7 Å². The van der Waals surface area contributed by atoms with E-state index in [1.807, 2.05) is 18.2 Å². The van der Waals surface area contributed by atoms with E-state index in [-0.39, 0.29) is 5.91 Å². The first kappa shape index (κ1) is 22.7. The third kappa shape index (κ3) is 5.80. The van der Waals surface area contributed by atoms with Crippen LogP contribution in [0.25, 0.3) is 0 Å². The first-order valence-electron chi connectivity index (χ1n) is 9.76. The normalized spacial score (nSPS) is 16.0. The van der Waals surface area contributed by atoms with E-state index in [1.165, 1.54) is 18.4 Å². The molecule has 0 bridgehead atoms. The highest BCUT2D eigenvalue weighted by Crippen LogP contribution is 2.20. The molecule has 2 aromatic rings. The van der Waals surface area contributed by atoms with Crippen molar-refractivity contribution in [3.63, 3.8) is 0 Å². The minimum absolute atomic E-state index is 0.0851. The van der Waals surface area contributed by atoms with Gasteiger partial charge in [-0.25, -0.2) is 12.7 Å². The van der Waals surface area contributed by atoms with E-state index >= 15 is 0 Å². The third-order valence-electron chi connectivity index (χ3n) is 5.06. The lowest BCUT2D eigenvalue weighted by atomic mass is 10.2. The summed E-state index contributed by atoms with van der Waals surface area (Å²) < 4.78 is 25.9. The summed E-state index contributed by atoms with van der Waals surface area (Å²) in [5, 5.41) is 3.37. The lowest BCUT2D eigenvalue weighted by Crippen LogP contribution is -2.48. The van der Waals surface area contributed by atoms with E-state index in [9.17, 15) is 13.2 Å². The number of benzene rings is 2. The summed E-state index contributed by atoms with van der Waals surface area (Å²) in [6.07, 6.45) is 0. The Hall–Kier alpha value is -1.97. The predicted molar refractivity (Wildman–Crippen MR) is 119 cm³/mol. The molecule has 0 aromatic heterocycles. The molecular weight excluding hydrogens is 424 g/mol. The fourth-order valence-corrected chi connectivity index (χ4v) is 4.49. The lowest BCUT2D eigenvalue weighted by Gasteiger charge is -2.34. The van der Waals surface area contributed by atoms with E-state index < -0.39 is 10.0 Å². The maximum Gasteiger partial charge on any atom is 0.242 e. The van der Waals surface area contributed by atoms with Crippen LogP contribution in [0.15, 0.2) is 53.4 Å². The number of carbonyl (C=O) groups excluding carboxylic acids is 1. The lowest BCUT2D eigenvalue weighted by molar-refractivity contribution is -0.117. The number of nitrogens with one attached hydrogen (secondary N) is 1. The fraction of sp³-hybridized carbons (Fsp3) is 0.381. The third-order valence-corrected chi connectivity index (χ3v) is 7.20. The second-order valence-corrected chi connectivity index (χ2v) is 10.1. The average Bonchev–Trinajstić information content (AvgIpc) is 2.71. The highest BCUT2D eigenvalue weighted by Gasteiger charge is 2.21. The molecule has 30 heavy (non-hydrogen) atoms. The molecule has 1 N–H and O–H groups in total. The number of rotatable bonds is 7. The molecule has 1 heterocycles. The zero-order valence-electron chi connectivity index (χ0n) is 17.2. The van der Waals surface area contributed by atoms with Crippen LogP contribution in [0.5, 0.6) is 0 Å². The van der Waals surface area contributed by atoms with Gasteiger partial charge in [0.2, 0.25) is 15.9 Å². The molecule has 3 rings (SSSR count). The van der Waals surface area contributed by atoms with Gasteiger partial charge in [-0.2, -0.15) is 0 Å². The number of para-hydroxylation sites is 1. The maximum absolute atomic E-state index is 12.3. The van der Waals surface area contributed by atoms with Gasteiger partial charge in [0.05, 0.1) is 22.2 Å². The van der Waals surface area contributed by atoms with Crippen molar-refractivity contribution < 1.29 is 13.2 Å². The molecule has 1 amide bonds. The predicted octanol–water partition coefficient (Wildman–Crippen LogP) is 2.35. The summed E-state index contributed by atoms with van der Waals surface area (Å²) in [4.78, 5) is 17.0. The van der Waals surface area contributed by atoms with Crippen LogP contribution in [0, 0.1) is 0 Å². The molecule has 0 saturated carbocycles. The van der Waals surface area contributed by atoms with Gasteiger partial charge in [-0.15, -0.1) is 0 Å². The van der Waals surface area contributed by atoms with Crippen LogP contribution < -0.4 is 5.32 Å². The van der Waals surface area contributed by atoms with Crippen LogP contribution in [0.4, 0.5) is 5.69 Å². The van der Waals surface area contributed by atoms with E-state index in [1.54, 1.807) is 30.3 Å². The van der Waals surface area contributed by atoms with Crippen molar-refractivity contribution in [2.75, 3.05) is 52.1 Å². The van der Waals surface area contributed by atoms with Gasteiger partial charge in [-0.05, 0) is 29.8 Å². The van der Waals surface area contributed by atoms with Crippen molar-refractivity contribution in [2.24, 2.45) is 0 Å². The summed E-state index contributed by atoms with van der Waals surface area (Å²) in [6.45, 7) is 4.15. The molecular formula is C21H27ClN4O3S. The van der Waals surface area contributed by atoms with Gasteiger partial charge in [0.25, 0.3) is 0 Å². The van der Waals surface area contributed by atoms with Crippen molar-refractivity contribution in [3.05, 3.63) is 59.1 Å². The molecule has 162 valence electrons. The Bertz CT molecular complexity index is 989. The summed E-state index contributed by atoms with van der Waals surface area (Å²) >= 11 is 6.09. The van der Waals surface area contributed by atoms with Crippen LogP contribution in [-0.2, 0) is 21.4 Å². The molecule has 2 aromatic carbocycles. The number of hydrogen-bond acceptors (Lipinski definition) is 5. The molecule has 0 spiro atoms. The minimum Gasteiger partial charge on any atom is -0.324 e. The molecule has 0 unspecified atom stereocenters. The second kappa shape index (κ2) is 9.89. The number of nitrogens with zero attached hydrogens (tertiary/aromatic N) is 3. The molecule has 0 atom stereocenters. The zero-order valence-corrected chi connectivity index (χ0v) is 18.8. The summed E-state index contributed by atoms with van der Waals surface area (Å²) in [5.41, 5.74) is 1.58. The van der Waals surface area contributed by atoms with Gasteiger partial charge >= 0.3 is 0 Å². The Morgan fingerprint density at radius 1 is 1.03 bits per heavy atom. The monoisotopic (exact) mass is 450 g/mol. The van der Waals surface area contributed by atoms with Crippen molar-refractivity contribution in [1.82, 2.24) is 14.1 Å². The number of hydrogen-bond donors (Lipinski definition) is 1. The topological polar surface area (TPSA) is 73.0 Å². The van der Waals surface area contributed by atoms with Crippen LogP contribution in [-0.4, -0.2) is 75.2 Å². The largest absolute Gasteiger partial charge is 0.324 e. The summed E-state index contributed by atoms with van der Waals surface area (Å²) in [5.74, 6) is -0.0851. The Kier molecular flexibility index (Phi) is 7.49. The smallest absolute Gasteiger partial charge is 0.242 e. The molecule has 1 aliphatic rings. The van der Waals surface area contributed by atoms with Crippen molar-refractivity contribution in [2.45, 2.75) is 11.4 Å². The molecule has 1 fully saturated rings. The van der Waals surface area contributed by atoms with Crippen LogP contribution in [0.2, 0.25) is 5.02 Å². The quantitative estimate of drug-likeness (QED) is 0.701. The van der Waals surface area contributed by atoms with Gasteiger partial charge in [0.1, 0.15) is 0 Å². The Balaban J connectivity index is 1.50. The van der Waals surface area contributed by atoms with Gasteiger partial charge in [-0.1, -0.05) is 35.9 Å². The van der Waals surface area contributed by atoms with Gasteiger partial charge in [-0.3, -0.25) is 14.6 Å². The van der Waals surface area contributed by atoms with E-state index in [4.69, 9.17) is 11.6 Å². The van der Waals surface area contributed by atoms with Crippen molar-refractivity contribution in [1.29, 1.82) is 0 Å². The first-order valence-corrected chi connectivity index (χ1v) is 11.6. The first-order chi connectivity index (χ1) is 14.3. The number of carbonyl (C=O) groups is 1. The Morgan fingerprint density at radius 2 is 1.70 bits per heavy atom. The van der Waals surface area contributed by atoms with Crippen LogP contribution in [0.3, 0.4) is 0 Å².